The number of rotatable bonds is 2. The predicted molar refractivity (Wildman–Crippen MR) is 70.2 cm³/mol. The van der Waals surface area contributed by atoms with Gasteiger partial charge in [0, 0.05) is 4.47 Å². The first-order valence-electron chi connectivity index (χ1n) is 5.17. The highest BCUT2D eigenvalue weighted by atomic mass is 79.9. The molecular formula is C14H13BrO. The van der Waals surface area contributed by atoms with E-state index in [2.05, 4.69) is 41.1 Å². The van der Waals surface area contributed by atoms with Crippen molar-refractivity contribution in [3.8, 4) is 11.1 Å². The van der Waals surface area contributed by atoms with E-state index in [0.717, 1.165) is 21.2 Å². The van der Waals surface area contributed by atoms with Crippen molar-refractivity contribution in [2.45, 2.75) is 13.5 Å². The minimum absolute atomic E-state index is 0.0751. The zero-order valence-corrected chi connectivity index (χ0v) is 10.7. The molecule has 0 atom stereocenters. The Morgan fingerprint density at radius 1 is 1.06 bits per heavy atom. The quantitative estimate of drug-likeness (QED) is 0.882. The molecule has 0 amide bonds. The minimum atomic E-state index is 0.0751. The zero-order valence-electron chi connectivity index (χ0n) is 9.07. The Morgan fingerprint density at radius 3 is 2.38 bits per heavy atom. The summed E-state index contributed by atoms with van der Waals surface area (Å²) in [6.45, 7) is 2.13. The van der Waals surface area contributed by atoms with Gasteiger partial charge in [0.2, 0.25) is 0 Å². The molecular weight excluding hydrogens is 264 g/mol. The van der Waals surface area contributed by atoms with Crippen molar-refractivity contribution in [1.82, 2.24) is 0 Å². The van der Waals surface area contributed by atoms with Crippen LogP contribution in [0.2, 0.25) is 0 Å². The van der Waals surface area contributed by atoms with E-state index in [1.165, 1.54) is 5.56 Å². The van der Waals surface area contributed by atoms with E-state index in [4.69, 9.17) is 0 Å². The molecule has 0 aromatic heterocycles. The normalized spacial score (nSPS) is 10.4. The van der Waals surface area contributed by atoms with Crippen molar-refractivity contribution < 1.29 is 5.11 Å². The van der Waals surface area contributed by atoms with Crippen molar-refractivity contribution in [3.63, 3.8) is 0 Å². The molecule has 0 aliphatic carbocycles. The Kier molecular flexibility index (Phi) is 3.42. The Labute approximate surface area is 104 Å². The fourth-order valence-electron chi connectivity index (χ4n) is 1.73. The molecule has 0 unspecified atom stereocenters. The summed E-state index contributed by atoms with van der Waals surface area (Å²) in [7, 11) is 0. The lowest BCUT2D eigenvalue weighted by Gasteiger charge is -2.09. The number of aliphatic hydroxyl groups excluding tert-OH is 1. The van der Waals surface area contributed by atoms with Gasteiger partial charge in [0.05, 0.1) is 6.61 Å². The molecule has 2 aromatic carbocycles. The predicted octanol–water partition coefficient (Wildman–Crippen LogP) is 3.92. The second kappa shape index (κ2) is 4.81. The molecule has 0 saturated heterocycles. The molecule has 0 spiro atoms. The number of hydrogen-bond donors (Lipinski definition) is 1. The molecule has 1 nitrogen and oxygen atoms in total. The Hall–Kier alpha value is -1.12. The highest BCUT2D eigenvalue weighted by molar-refractivity contribution is 9.10. The van der Waals surface area contributed by atoms with E-state index in [1.54, 1.807) is 0 Å². The van der Waals surface area contributed by atoms with E-state index >= 15 is 0 Å². The first-order valence-corrected chi connectivity index (χ1v) is 5.96. The smallest absolute Gasteiger partial charge is 0.0687 e. The van der Waals surface area contributed by atoms with Crippen LogP contribution in [0, 0.1) is 6.92 Å². The summed E-state index contributed by atoms with van der Waals surface area (Å²) in [6, 6.07) is 14.2. The lowest BCUT2D eigenvalue weighted by molar-refractivity contribution is 0.282. The first-order chi connectivity index (χ1) is 7.70. The van der Waals surface area contributed by atoms with E-state index in [0.29, 0.717) is 0 Å². The Morgan fingerprint density at radius 2 is 1.75 bits per heavy atom. The van der Waals surface area contributed by atoms with Gasteiger partial charge in [-0.25, -0.2) is 0 Å². The molecule has 0 radical (unpaired) electrons. The number of aryl methyl sites for hydroxylation is 1. The third-order valence-corrected chi connectivity index (χ3v) is 3.12. The van der Waals surface area contributed by atoms with Crippen LogP contribution < -0.4 is 0 Å². The molecule has 82 valence electrons. The fourth-order valence-corrected chi connectivity index (χ4v) is 1.99. The van der Waals surface area contributed by atoms with Gasteiger partial charge >= 0.3 is 0 Å². The van der Waals surface area contributed by atoms with Crippen molar-refractivity contribution in [1.29, 1.82) is 0 Å². The van der Waals surface area contributed by atoms with E-state index in [-0.39, 0.29) is 6.61 Å². The van der Waals surface area contributed by atoms with E-state index < -0.39 is 0 Å². The summed E-state index contributed by atoms with van der Waals surface area (Å²) >= 11 is 3.42. The summed E-state index contributed by atoms with van der Waals surface area (Å²) in [6.07, 6.45) is 0. The summed E-state index contributed by atoms with van der Waals surface area (Å²) in [5.41, 5.74) is 4.41. The topological polar surface area (TPSA) is 20.2 Å². The molecule has 2 heteroatoms. The summed E-state index contributed by atoms with van der Waals surface area (Å²) in [5.74, 6) is 0. The van der Waals surface area contributed by atoms with Crippen LogP contribution >= 0.6 is 15.9 Å². The SMILES string of the molecule is Cc1ccc(CO)c(-c2ccc(Br)cc2)c1. The zero-order chi connectivity index (χ0) is 11.5. The highest BCUT2D eigenvalue weighted by Gasteiger charge is 2.04. The summed E-state index contributed by atoms with van der Waals surface area (Å²) < 4.78 is 1.06. The third-order valence-electron chi connectivity index (χ3n) is 2.59. The van der Waals surface area contributed by atoms with Crippen LogP contribution in [0.3, 0.4) is 0 Å². The number of halogens is 1. The van der Waals surface area contributed by atoms with Crippen LogP contribution in [0.1, 0.15) is 11.1 Å². The van der Waals surface area contributed by atoms with E-state index in [9.17, 15) is 5.11 Å². The van der Waals surface area contributed by atoms with Gasteiger partial charge in [-0.05, 0) is 35.7 Å². The second-order valence-electron chi connectivity index (χ2n) is 3.83. The molecule has 0 fully saturated rings. The average Bonchev–Trinajstić information content (AvgIpc) is 2.30. The van der Waals surface area contributed by atoms with Crippen molar-refractivity contribution >= 4 is 15.9 Å². The lowest BCUT2D eigenvalue weighted by Crippen LogP contribution is -1.90. The van der Waals surface area contributed by atoms with Crippen LogP contribution in [0.15, 0.2) is 46.9 Å². The summed E-state index contributed by atoms with van der Waals surface area (Å²) in [4.78, 5) is 0. The molecule has 0 aliphatic rings. The lowest BCUT2D eigenvalue weighted by atomic mass is 9.98. The maximum Gasteiger partial charge on any atom is 0.0687 e. The molecule has 0 bridgehead atoms. The first kappa shape index (κ1) is 11.4. The van der Waals surface area contributed by atoms with Crippen LogP contribution in [0.25, 0.3) is 11.1 Å². The number of benzene rings is 2. The monoisotopic (exact) mass is 276 g/mol. The molecule has 2 aromatic rings. The van der Waals surface area contributed by atoms with E-state index in [1.807, 2.05) is 24.3 Å². The van der Waals surface area contributed by atoms with Crippen molar-refractivity contribution in [2.75, 3.05) is 0 Å². The van der Waals surface area contributed by atoms with Crippen LogP contribution in [0.5, 0.6) is 0 Å². The van der Waals surface area contributed by atoms with Gasteiger partial charge in [-0.2, -0.15) is 0 Å². The van der Waals surface area contributed by atoms with Gasteiger partial charge in [0.25, 0.3) is 0 Å². The van der Waals surface area contributed by atoms with Gasteiger partial charge in [-0.15, -0.1) is 0 Å². The molecule has 16 heavy (non-hydrogen) atoms. The van der Waals surface area contributed by atoms with Crippen molar-refractivity contribution in [3.05, 3.63) is 58.1 Å². The largest absolute Gasteiger partial charge is 0.392 e. The van der Waals surface area contributed by atoms with Crippen LogP contribution in [-0.2, 0) is 6.61 Å². The maximum atomic E-state index is 9.32. The van der Waals surface area contributed by atoms with Crippen LogP contribution in [-0.4, -0.2) is 5.11 Å². The van der Waals surface area contributed by atoms with Gasteiger partial charge < -0.3 is 5.11 Å². The Balaban J connectivity index is 2.53. The van der Waals surface area contributed by atoms with Gasteiger partial charge in [-0.3, -0.25) is 0 Å². The molecule has 1 N–H and O–H groups in total. The van der Waals surface area contributed by atoms with Gasteiger partial charge in [-0.1, -0.05) is 51.8 Å². The molecule has 2 rings (SSSR count). The highest BCUT2D eigenvalue weighted by Crippen LogP contribution is 2.26. The third kappa shape index (κ3) is 2.34. The standard InChI is InChI=1S/C14H13BrO/c1-10-2-3-12(9-16)14(8-10)11-4-6-13(15)7-5-11/h2-8,16H,9H2,1H3. The fraction of sp³-hybridized carbons (Fsp3) is 0.143. The average molecular weight is 277 g/mol. The molecule has 0 saturated carbocycles. The number of aliphatic hydroxyl groups is 1. The molecule has 0 heterocycles. The van der Waals surface area contributed by atoms with Gasteiger partial charge in [0.15, 0.2) is 0 Å². The van der Waals surface area contributed by atoms with Crippen LogP contribution in [0.4, 0.5) is 0 Å². The second-order valence-corrected chi connectivity index (χ2v) is 4.74. The maximum absolute atomic E-state index is 9.32. The minimum Gasteiger partial charge on any atom is -0.392 e. The molecule has 0 aliphatic heterocycles. The van der Waals surface area contributed by atoms with Gasteiger partial charge in [0.1, 0.15) is 0 Å². The number of hydrogen-bond acceptors (Lipinski definition) is 1. The van der Waals surface area contributed by atoms with Crippen molar-refractivity contribution in [2.24, 2.45) is 0 Å². The Bertz CT molecular complexity index is 489. The summed E-state index contributed by atoms with van der Waals surface area (Å²) in [5, 5.41) is 9.32.